The van der Waals surface area contributed by atoms with Crippen LogP contribution in [0.2, 0.25) is 10.0 Å². The number of carbonyl (C=O) groups excluding carboxylic acids is 3. The Kier molecular flexibility index (Phi) is 9.18. The lowest BCUT2D eigenvalue weighted by Gasteiger charge is -2.48. The minimum absolute atomic E-state index is 0.0624. The fourth-order valence-corrected chi connectivity index (χ4v) is 6.46. The standard InChI is InChI=1S/C32H33Cl2N3O5/c1-36(2)31(40)20-13-11-19(12-14-20)18-42-35-30(39)28-22-7-3-4-8-23(22)32(41)37(26-9-5-6-10-27(26)38)29(28)24-16-15-21(33)17-25(24)34/h3-4,7-8,11-17,26-29,38H,5-6,9-10,18H2,1-2H3,(H,35,39)/t26-,27-,28+,29-/m0/s1. The second-order valence-corrected chi connectivity index (χ2v) is 11.8. The normalized spacial score (nSPS) is 21.9. The van der Waals surface area contributed by atoms with Crippen LogP contribution in [-0.2, 0) is 16.2 Å². The molecule has 1 aliphatic carbocycles. The summed E-state index contributed by atoms with van der Waals surface area (Å²) in [4.78, 5) is 49.0. The molecule has 0 aromatic heterocycles. The molecule has 3 aromatic carbocycles. The van der Waals surface area contributed by atoms with Gasteiger partial charge in [-0.2, -0.15) is 0 Å². The highest BCUT2D eigenvalue weighted by Crippen LogP contribution is 2.47. The first-order chi connectivity index (χ1) is 20.2. The van der Waals surface area contributed by atoms with Gasteiger partial charge in [-0.3, -0.25) is 19.2 Å². The van der Waals surface area contributed by atoms with Crippen molar-refractivity contribution in [3.8, 4) is 0 Å². The van der Waals surface area contributed by atoms with E-state index in [9.17, 15) is 19.5 Å². The number of benzene rings is 3. The Morgan fingerprint density at radius 2 is 1.71 bits per heavy atom. The van der Waals surface area contributed by atoms with Gasteiger partial charge in [-0.05, 0) is 59.9 Å². The molecule has 1 fully saturated rings. The number of carbonyl (C=O) groups is 3. The third kappa shape index (κ3) is 6.03. The third-order valence-corrected chi connectivity index (χ3v) is 8.57. The maximum absolute atomic E-state index is 14.1. The second-order valence-electron chi connectivity index (χ2n) is 11.0. The van der Waals surface area contributed by atoms with Crippen molar-refractivity contribution in [1.82, 2.24) is 15.3 Å². The zero-order valence-corrected chi connectivity index (χ0v) is 24.9. The monoisotopic (exact) mass is 609 g/mol. The van der Waals surface area contributed by atoms with Gasteiger partial charge in [-0.15, -0.1) is 0 Å². The van der Waals surface area contributed by atoms with Gasteiger partial charge < -0.3 is 14.9 Å². The third-order valence-electron chi connectivity index (χ3n) is 8.01. The molecule has 1 heterocycles. The van der Waals surface area contributed by atoms with E-state index in [1.54, 1.807) is 85.7 Å². The summed E-state index contributed by atoms with van der Waals surface area (Å²) in [6.45, 7) is 0.0624. The molecule has 0 bridgehead atoms. The zero-order valence-electron chi connectivity index (χ0n) is 23.4. The molecule has 42 heavy (non-hydrogen) atoms. The Labute approximate surface area is 255 Å². The molecule has 1 saturated carbocycles. The Balaban J connectivity index is 1.47. The van der Waals surface area contributed by atoms with Crippen LogP contribution in [0.15, 0.2) is 66.7 Å². The Hall–Kier alpha value is -3.43. The van der Waals surface area contributed by atoms with Crippen LogP contribution in [0.5, 0.6) is 0 Å². The molecule has 10 heteroatoms. The largest absolute Gasteiger partial charge is 0.391 e. The van der Waals surface area contributed by atoms with Crippen molar-refractivity contribution in [2.24, 2.45) is 0 Å². The van der Waals surface area contributed by atoms with Crippen molar-refractivity contribution >= 4 is 40.9 Å². The Bertz CT molecular complexity index is 1480. The van der Waals surface area contributed by atoms with Crippen molar-refractivity contribution in [1.29, 1.82) is 0 Å². The molecule has 0 spiro atoms. The van der Waals surface area contributed by atoms with E-state index in [1.807, 2.05) is 0 Å². The van der Waals surface area contributed by atoms with E-state index in [2.05, 4.69) is 5.48 Å². The van der Waals surface area contributed by atoms with E-state index < -0.39 is 30.0 Å². The first-order valence-electron chi connectivity index (χ1n) is 13.9. The molecule has 3 aromatic rings. The highest BCUT2D eigenvalue weighted by Gasteiger charge is 2.49. The lowest BCUT2D eigenvalue weighted by molar-refractivity contribution is -0.138. The lowest BCUT2D eigenvalue weighted by atomic mass is 9.77. The van der Waals surface area contributed by atoms with E-state index in [4.69, 9.17) is 28.0 Å². The van der Waals surface area contributed by atoms with Gasteiger partial charge in [0.15, 0.2) is 0 Å². The number of hydroxylamine groups is 1. The van der Waals surface area contributed by atoms with Gasteiger partial charge in [0.1, 0.15) is 0 Å². The van der Waals surface area contributed by atoms with Gasteiger partial charge in [-0.1, -0.05) is 72.4 Å². The van der Waals surface area contributed by atoms with Gasteiger partial charge in [-0.25, -0.2) is 5.48 Å². The molecular weight excluding hydrogens is 577 g/mol. The van der Waals surface area contributed by atoms with E-state index in [-0.39, 0.29) is 18.4 Å². The lowest BCUT2D eigenvalue weighted by Crippen LogP contribution is -2.55. The SMILES string of the molecule is CN(C)C(=O)c1ccc(CONC(=O)[C@@H]2c3ccccc3C(=O)N([C@H]3CCCC[C@@H]3O)[C@H]2c2ccc(Cl)cc2Cl)cc1. The maximum Gasteiger partial charge on any atom is 0.255 e. The summed E-state index contributed by atoms with van der Waals surface area (Å²) in [5, 5.41) is 11.8. The van der Waals surface area contributed by atoms with E-state index in [0.29, 0.717) is 45.1 Å². The Morgan fingerprint density at radius 3 is 2.40 bits per heavy atom. The molecule has 8 nitrogen and oxygen atoms in total. The van der Waals surface area contributed by atoms with Gasteiger partial charge in [0.25, 0.3) is 17.7 Å². The van der Waals surface area contributed by atoms with Crippen LogP contribution >= 0.6 is 23.2 Å². The summed E-state index contributed by atoms with van der Waals surface area (Å²) in [7, 11) is 3.37. The molecular formula is C32H33Cl2N3O5. The summed E-state index contributed by atoms with van der Waals surface area (Å²) in [5.41, 5.74) is 5.41. The van der Waals surface area contributed by atoms with Crippen LogP contribution in [0, 0.1) is 0 Å². The topological polar surface area (TPSA) is 99.2 Å². The van der Waals surface area contributed by atoms with Crippen LogP contribution in [-0.4, -0.2) is 58.9 Å². The van der Waals surface area contributed by atoms with E-state index in [1.165, 1.54) is 4.90 Å². The summed E-state index contributed by atoms with van der Waals surface area (Å²) < 4.78 is 0. The predicted molar refractivity (Wildman–Crippen MR) is 160 cm³/mol. The summed E-state index contributed by atoms with van der Waals surface area (Å²) in [5.74, 6) is -1.71. The number of hydrogen-bond acceptors (Lipinski definition) is 5. The number of hydrogen-bond donors (Lipinski definition) is 2. The van der Waals surface area contributed by atoms with Crippen molar-refractivity contribution < 1.29 is 24.3 Å². The van der Waals surface area contributed by atoms with Crippen molar-refractivity contribution in [3.63, 3.8) is 0 Å². The number of aliphatic hydroxyl groups excluding tert-OH is 1. The maximum atomic E-state index is 14.1. The van der Waals surface area contributed by atoms with E-state index >= 15 is 0 Å². The molecule has 0 unspecified atom stereocenters. The number of aliphatic hydroxyl groups is 1. The average molecular weight is 611 g/mol. The number of rotatable bonds is 7. The fraction of sp³-hybridized carbons (Fsp3) is 0.344. The highest BCUT2D eigenvalue weighted by atomic mass is 35.5. The van der Waals surface area contributed by atoms with E-state index in [0.717, 1.165) is 18.4 Å². The van der Waals surface area contributed by atoms with Crippen LogP contribution < -0.4 is 5.48 Å². The molecule has 0 saturated heterocycles. The molecule has 4 atom stereocenters. The summed E-state index contributed by atoms with van der Waals surface area (Å²) >= 11 is 12.9. The van der Waals surface area contributed by atoms with Crippen LogP contribution in [0.4, 0.5) is 0 Å². The Morgan fingerprint density at radius 1 is 1.00 bits per heavy atom. The predicted octanol–water partition coefficient (Wildman–Crippen LogP) is 5.53. The van der Waals surface area contributed by atoms with Gasteiger partial charge in [0.2, 0.25) is 0 Å². The van der Waals surface area contributed by atoms with Crippen LogP contribution in [0.1, 0.15) is 75.0 Å². The minimum atomic E-state index is -0.883. The second kappa shape index (κ2) is 12.8. The zero-order chi connectivity index (χ0) is 30.0. The first kappa shape index (κ1) is 30.0. The fourth-order valence-electron chi connectivity index (χ4n) is 5.94. The van der Waals surface area contributed by atoms with Crippen LogP contribution in [0.25, 0.3) is 0 Å². The number of amides is 3. The highest BCUT2D eigenvalue weighted by molar-refractivity contribution is 6.35. The number of nitrogens with zero attached hydrogens (tertiary/aromatic N) is 2. The molecule has 2 N–H and O–H groups in total. The number of fused-ring (bicyclic) bond motifs is 1. The van der Waals surface area contributed by atoms with Gasteiger partial charge >= 0.3 is 0 Å². The van der Waals surface area contributed by atoms with Crippen molar-refractivity contribution in [2.45, 2.75) is 56.4 Å². The smallest absolute Gasteiger partial charge is 0.255 e. The average Bonchev–Trinajstić information content (AvgIpc) is 2.97. The number of nitrogens with one attached hydrogen (secondary N) is 1. The van der Waals surface area contributed by atoms with Gasteiger partial charge in [0, 0.05) is 35.3 Å². The van der Waals surface area contributed by atoms with Crippen molar-refractivity contribution in [3.05, 3.63) is 105 Å². The quantitative estimate of drug-likeness (QED) is 0.343. The molecule has 3 amide bonds. The molecule has 1 aliphatic heterocycles. The number of halogens is 2. The van der Waals surface area contributed by atoms with Gasteiger partial charge in [0.05, 0.1) is 30.7 Å². The summed E-state index contributed by atoms with van der Waals surface area (Å²) in [6.07, 6.45) is 2.16. The minimum Gasteiger partial charge on any atom is -0.391 e. The van der Waals surface area contributed by atoms with Crippen LogP contribution in [0.3, 0.4) is 0 Å². The summed E-state index contributed by atoms with van der Waals surface area (Å²) in [6, 6.07) is 17.7. The first-order valence-corrected chi connectivity index (χ1v) is 14.7. The molecule has 5 rings (SSSR count). The molecule has 0 radical (unpaired) electrons. The molecule has 220 valence electrons. The molecule has 2 aliphatic rings. The van der Waals surface area contributed by atoms with Crippen molar-refractivity contribution in [2.75, 3.05) is 14.1 Å².